The molecule has 1 aliphatic rings. The van der Waals surface area contributed by atoms with E-state index in [0.29, 0.717) is 11.3 Å². The van der Waals surface area contributed by atoms with Crippen molar-refractivity contribution in [3.8, 4) is 11.5 Å². The molecule has 26 heavy (non-hydrogen) atoms. The number of carbonyl (C=O) groups is 1. The van der Waals surface area contributed by atoms with E-state index in [2.05, 4.69) is 5.32 Å². The first-order chi connectivity index (χ1) is 12.3. The number of rotatable bonds is 4. The summed E-state index contributed by atoms with van der Waals surface area (Å²) in [5.41, 5.74) is 1.00. The van der Waals surface area contributed by atoms with Gasteiger partial charge in [-0.1, -0.05) is 18.2 Å². The molecule has 0 bridgehead atoms. The Bertz CT molecular complexity index is 824. The molecule has 0 aliphatic carbocycles. The number of hydrogen-bond donors (Lipinski definition) is 2. The number of phenolic OH excluding ortho intramolecular Hbond substituents is 1. The molecule has 5 nitrogen and oxygen atoms in total. The predicted octanol–water partition coefficient (Wildman–Crippen LogP) is 3.92. The van der Waals surface area contributed by atoms with Crippen molar-refractivity contribution >= 4 is 11.6 Å². The summed E-state index contributed by atoms with van der Waals surface area (Å²) in [5, 5.41) is 12.8. The number of phenols is 1. The molecule has 2 aromatic rings. The number of halogens is 3. The highest BCUT2D eigenvalue weighted by Crippen LogP contribution is 2.37. The molecule has 0 spiro atoms. The van der Waals surface area contributed by atoms with E-state index in [1.54, 1.807) is 25.1 Å². The SMILES string of the molecule is CCOc1cc([C@H]2Nc3ccccc3C(=O)N2CC(F)(F)F)ccc1O. The largest absolute Gasteiger partial charge is 0.504 e. The number of carbonyl (C=O) groups excluding carboxylic acids is 1. The van der Waals surface area contributed by atoms with Crippen molar-refractivity contribution in [2.75, 3.05) is 18.5 Å². The van der Waals surface area contributed by atoms with Crippen molar-refractivity contribution in [1.82, 2.24) is 4.90 Å². The minimum atomic E-state index is -4.55. The van der Waals surface area contributed by atoms with E-state index in [-0.39, 0.29) is 23.7 Å². The maximum Gasteiger partial charge on any atom is 0.406 e. The van der Waals surface area contributed by atoms with E-state index >= 15 is 0 Å². The summed E-state index contributed by atoms with van der Waals surface area (Å²) < 4.78 is 44.5. The number of fused-ring (bicyclic) bond motifs is 1. The summed E-state index contributed by atoms with van der Waals surface area (Å²) in [6.45, 7) is 0.604. The average molecular weight is 366 g/mol. The summed E-state index contributed by atoms with van der Waals surface area (Å²) in [5.74, 6) is -0.696. The van der Waals surface area contributed by atoms with Crippen molar-refractivity contribution in [1.29, 1.82) is 0 Å². The van der Waals surface area contributed by atoms with Gasteiger partial charge in [-0.2, -0.15) is 13.2 Å². The first-order valence-corrected chi connectivity index (χ1v) is 7.99. The molecule has 0 fully saturated rings. The Hall–Kier alpha value is -2.90. The molecule has 138 valence electrons. The molecule has 1 atom stereocenters. The third kappa shape index (κ3) is 3.54. The van der Waals surface area contributed by atoms with Gasteiger partial charge in [-0.3, -0.25) is 4.79 Å². The van der Waals surface area contributed by atoms with Gasteiger partial charge in [0.2, 0.25) is 0 Å². The number of benzene rings is 2. The highest BCUT2D eigenvalue weighted by molar-refractivity contribution is 6.01. The van der Waals surface area contributed by atoms with Crippen LogP contribution in [-0.2, 0) is 0 Å². The molecule has 0 aromatic heterocycles. The highest BCUT2D eigenvalue weighted by atomic mass is 19.4. The van der Waals surface area contributed by atoms with Gasteiger partial charge in [0, 0.05) is 5.69 Å². The fraction of sp³-hybridized carbons (Fsp3) is 0.278. The van der Waals surface area contributed by atoms with Crippen LogP contribution in [0.2, 0.25) is 0 Å². The molecule has 8 heteroatoms. The lowest BCUT2D eigenvalue weighted by Gasteiger charge is -2.38. The van der Waals surface area contributed by atoms with E-state index in [1.807, 2.05) is 0 Å². The number of aromatic hydroxyl groups is 1. The third-order valence-corrected chi connectivity index (χ3v) is 3.97. The Labute approximate surface area is 148 Å². The Morgan fingerprint density at radius 2 is 1.96 bits per heavy atom. The number of anilines is 1. The molecule has 0 unspecified atom stereocenters. The monoisotopic (exact) mass is 366 g/mol. The fourth-order valence-corrected chi connectivity index (χ4v) is 2.88. The number of amides is 1. The van der Waals surface area contributed by atoms with Crippen molar-refractivity contribution in [3.63, 3.8) is 0 Å². The molecule has 3 rings (SSSR count). The molecule has 0 saturated heterocycles. The zero-order valence-corrected chi connectivity index (χ0v) is 13.9. The van der Waals surface area contributed by atoms with E-state index in [1.165, 1.54) is 24.3 Å². The first kappa shape index (κ1) is 17.9. The van der Waals surface area contributed by atoms with Gasteiger partial charge in [-0.15, -0.1) is 0 Å². The molecule has 2 aromatic carbocycles. The second-order valence-electron chi connectivity index (χ2n) is 5.80. The summed E-state index contributed by atoms with van der Waals surface area (Å²) in [4.78, 5) is 13.4. The van der Waals surface area contributed by atoms with Crippen LogP contribution in [0.5, 0.6) is 11.5 Å². The lowest BCUT2D eigenvalue weighted by Crippen LogP contribution is -2.47. The first-order valence-electron chi connectivity index (χ1n) is 7.99. The number of para-hydroxylation sites is 1. The quantitative estimate of drug-likeness (QED) is 0.861. The predicted molar refractivity (Wildman–Crippen MR) is 89.2 cm³/mol. The third-order valence-electron chi connectivity index (χ3n) is 3.97. The van der Waals surface area contributed by atoms with Gasteiger partial charge in [0.05, 0.1) is 12.2 Å². The second kappa shape index (κ2) is 6.78. The minimum Gasteiger partial charge on any atom is -0.504 e. The van der Waals surface area contributed by atoms with Crippen LogP contribution >= 0.6 is 0 Å². The van der Waals surface area contributed by atoms with Crippen LogP contribution in [0.3, 0.4) is 0 Å². The highest BCUT2D eigenvalue weighted by Gasteiger charge is 2.40. The minimum absolute atomic E-state index is 0.125. The Balaban J connectivity index is 2.05. The number of ether oxygens (including phenoxy) is 1. The molecule has 1 amide bonds. The van der Waals surface area contributed by atoms with Crippen molar-refractivity contribution in [2.45, 2.75) is 19.3 Å². The zero-order valence-electron chi connectivity index (χ0n) is 13.9. The maximum atomic E-state index is 13.1. The van der Waals surface area contributed by atoms with E-state index < -0.39 is 24.8 Å². The normalized spacial score (nSPS) is 16.8. The van der Waals surface area contributed by atoms with Crippen molar-refractivity contribution < 1.29 is 27.8 Å². The van der Waals surface area contributed by atoms with Crippen LogP contribution in [0.4, 0.5) is 18.9 Å². The molecular weight excluding hydrogens is 349 g/mol. The van der Waals surface area contributed by atoms with E-state index in [0.717, 1.165) is 4.90 Å². The van der Waals surface area contributed by atoms with Crippen LogP contribution in [-0.4, -0.2) is 35.2 Å². The lowest BCUT2D eigenvalue weighted by molar-refractivity contribution is -0.144. The number of hydrogen-bond acceptors (Lipinski definition) is 4. The van der Waals surface area contributed by atoms with Crippen LogP contribution in [0, 0.1) is 0 Å². The zero-order chi connectivity index (χ0) is 18.9. The van der Waals surface area contributed by atoms with Crippen LogP contribution in [0.15, 0.2) is 42.5 Å². The van der Waals surface area contributed by atoms with E-state index in [4.69, 9.17) is 4.74 Å². The number of alkyl halides is 3. The van der Waals surface area contributed by atoms with E-state index in [9.17, 15) is 23.1 Å². The number of nitrogens with one attached hydrogen (secondary N) is 1. The molecular formula is C18H17F3N2O3. The molecule has 1 aliphatic heterocycles. The van der Waals surface area contributed by atoms with Gasteiger partial charge in [0.25, 0.3) is 5.91 Å². The Morgan fingerprint density at radius 3 is 2.65 bits per heavy atom. The van der Waals surface area contributed by atoms with Crippen molar-refractivity contribution in [2.24, 2.45) is 0 Å². The summed E-state index contributed by atoms with van der Waals surface area (Å²) >= 11 is 0. The lowest BCUT2D eigenvalue weighted by atomic mass is 10.0. The molecule has 0 saturated carbocycles. The van der Waals surface area contributed by atoms with Gasteiger partial charge in [-0.25, -0.2) is 0 Å². The Kier molecular flexibility index (Phi) is 4.67. The fourth-order valence-electron chi connectivity index (χ4n) is 2.88. The standard InChI is InChI=1S/C18H17F3N2O3/c1-2-26-15-9-11(7-8-14(15)24)16-22-13-6-4-3-5-12(13)17(25)23(16)10-18(19,20)21/h3-9,16,22,24H,2,10H2,1H3/t16-/m0/s1. The second-order valence-corrected chi connectivity index (χ2v) is 5.80. The summed E-state index contributed by atoms with van der Waals surface area (Å²) in [7, 11) is 0. The number of nitrogens with zero attached hydrogens (tertiary/aromatic N) is 1. The van der Waals surface area contributed by atoms with Crippen molar-refractivity contribution in [3.05, 3.63) is 53.6 Å². The van der Waals surface area contributed by atoms with Gasteiger partial charge in [0.15, 0.2) is 11.5 Å². The van der Waals surface area contributed by atoms with Crippen LogP contribution < -0.4 is 10.1 Å². The maximum absolute atomic E-state index is 13.1. The molecule has 2 N–H and O–H groups in total. The van der Waals surface area contributed by atoms with Gasteiger partial charge in [-0.05, 0) is 36.8 Å². The molecule has 0 radical (unpaired) electrons. The van der Waals surface area contributed by atoms with Gasteiger partial charge >= 0.3 is 6.18 Å². The van der Waals surface area contributed by atoms with Crippen LogP contribution in [0.25, 0.3) is 0 Å². The summed E-state index contributed by atoms with van der Waals surface area (Å²) in [6.07, 6.45) is -5.60. The topological polar surface area (TPSA) is 61.8 Å². The summed E-state index contributed by atoms with van der Waals surface area (Å²) in [6, 6.07) is 10.6. The van der Waals surface area contributed by atoms with Gasteiger partial charge in [0.1, 0.15) is 12.7 Å². The average Bonchev–Trinajstić information content (AvgIpc) is 2.58. The Morgan fingerprint density at radius 1 is 1.23 bits per heavy atom. The molecule has 1 heterocycles. The smallest absolute Gasteiger partial charge is 0.406 e. The van der Waals surface area contributed by atoms with Gasteiger partial charge < -0.3 is 20.1 Å². The van der Waals surface area contributed by atoms with Crippen LogP contribution in [0.1, 0.15) is 29.0 Å².